The second-order valence-electron chi connectivity index (χ2n) is 7.36. The smallest absolute Gasteiger partial charge is 0.422 e. The highest BCUT2D eigenvalue weighted by Crippen LogP contribution is 2.30. The Bertz CT molecular complexity index is 654. The summed E-state index contributed by atoms with van der Waals surface area (Å²) in [6.45, 7) is 6.73. The summed E-state index contributed by atoms with van der Waals surface area (Å²) < 4.78 is 48.4. The first-order valence-corrected chi connectivity index (χ1v) is 9.41. The van der Waals surface area contributed by atoms with Crippen molar-refractivity contribution in [2.24, 2.45) is 0 Å². The molecule has 2 rings (SSSR count). The van der Waals surface area contributed by atoms with Crippen molar-refractivity contribution in [1.29, 1.82) is 0 Å². The van der Waals surface area contributed by atoms with Crippen LogP contribution in [0.1, 0.15) is 26.3 Å². The van der Waals surface area contributed by atoms with Gasteiger partial charge >= 0.3 is 12.3 Å². The van der Waals surface area contributed by atoms with Crippen LogP contribution in [0.2, 0.25) is 0 Å². The first kappa shape index (κ1) is 21.8. The van der Waals surface area contributed by atoms with E-state index in [2.05, 4.69) is 20.8 Å². The minimum Gasteiger partial charge on any atom is -0.484 e. The average molecular weight is 453 g/mol. The van der Waals surface area contributed by atoms with Crippen molar-refractivity contribution in [3.8, 4) is 5.75 Å². The molecule has 1 aliphatic rings. The number of halogens is 4. The van der Waals surface area contributed by atoms with E-state index in [4.69, 9.17) is 9.47 Å². The predicted octanol–water partition coefficient (Wildman–Crippen LogP) is 4.44. The van der Waals surface area contributed by atoms with Crippen molar-refractivity contribution in [2.75, 3.05) is 32.8 Å². The van der Waals surface area contributed by atoms with Gasteiger partial charge in [0.15, 0.2) is 6.61 Å². The first-order chi connectivity index (χ1) is 12.4. The summed E-state index contributed by atoms with van der Waals surface area (Å²) in [6.07, 6.45) is -4.74. The van der Waals surface area contributed by atoms with Crippen molar-refractivity contribution < 1.29 is 27.4 Å². The number of ether oxygens (including phenoxy) is 2. The van der Waals surface area contributed by atoms with E-state index in [1.807, 2.05) is 20.8 Å². The Morgan fingerprint density at radius 3 is 2.33 bits per heavy atom. The second-order valence-corrected chi connectivity index (χ2v) is 8.22. The van der Waals surface area contributed by atoms with Crippen molar-refractivity contribution >= 4 is 22.0 Å². The molecule has 0 aliphatic carbocycles. The van der Waals surface area contributed by atoms with Crippen LogP contribution in [-0.4, -0.2) is 60.5 Å². The highest BCUT2D eigenvalue weighted by molar-refractivity contribution is 9.10. The fourth-order valence-electron chi connectivity index (χ4n) is 2.63. The van der Waals surface area contributed by atoms with Gasteiger partial charge in [-0.3, -0.25) is 4.90 Å². The Morgan fingerprint density at radius 1 is 1.15 bits per heavy atom. The Morgan fingerprint density at radius 2 is 1.78 bits per heavy atom. The number of hydrogen-bond acceptors (Lipinski definition) is 4. The Labute approximate surface area is 165 Å². The molecule has 1 aliphatic heterocycles. The Balaban J connectivity index is 1.96. The van der Waals surface area contributed by atoms with Crippen molar-refractivity contribution in [3.05, 3.63) is 28.2 Å². The number of benzene rings is 1. The molecule has 152 valence electrons. The topological polar surface area (TPSA) is 42.0 Å². The summed E-state index contributed by atoms with van der Waals surface area (Å²) in [5.41, 5.74) is 0.112. The van der Waals surface area contributed by atoms with Crippen LogP contribution in [0.5, 0.6) is 5.75 Å². The monoisotopic (exact) mass is 452 g/mol. The van der Waals surface area contributed by atoms with Crippen LogP contribution < -0.4 is 4.74 Å². The molecule has 27 heavy (non-hydrogen) atoms. The van der Waals surface area contributed by atoms with Crippen LogP contribution in [0.15, 0.2) is 22.7 Å². The summed E-state index contributed by atoms with van der Waals surface area (Å²) in [4.78, 5) is 15.8. The quantitative estimate of drug-likeness (QED) is 0.676. The number of rotatable bonds is 4. The molecule has 1 heterocycles. The van der Waals surface area contributed by atoms with E-state index in [1.165, 1.54) is 6.07 Å². The molecule has 0 aromatic heterocycles. The van der Waals surface area contributed by atoms with Gasteiger partial charge in [-0.1, -0.05) is 22.0 Å². The summed E-state index contributed by atoms with van der Waals surface area (Å²) >= 11 is 3.39. The van der Waals surface area contributed by atoms with E-state index in [9.17, 15) is 18.0 Å². The van der Waals surface area contributed by atoms with Crippen LogP contribution in [-0.2, 0) is 11.3 Å². The van der Waals surface area contributed by atoms with Gasteiger partial charge in [0.1, 0.15) is 11.4 Å². The van der Waals surface area contributed by atoms with E-state index in [0.29, 0.717) is 42.8 Å². The molecule has 1 aromatic rings. The normalized spacial score (nSPS) is 16.3. The van der Waals surface area contributed by atoms with Gasteiger partial charge in [0.2, 0.25) is 0 Å². The molecule has 0 radical (unpaired) electrons. The number of nitrogens with zero attached hydrogens (tertiary/aromatic N) is 2. The SMILES string of the molecule is CC(C)(C)OC(=O)N1CCN(Cc2c(Br)cccc2OCC(F)(F)F)CC1. The molecule has 0 N–H and O–H groups in total. The predicted molar refractivity (Wildman–Crippen MR) is 98.8 cm³/mol. The highest BCUT2D eigenvalue weighted by Gasteiger charge is 2.30. The van der Waals surface area contributed by atoms with Crippen LogP contribution in [0, 0.1) is 0 Å². The summed E-state index contributed by atoms with van der Waals surface area (Å²) in [5.74, 6) is 0.205. The lowest BCUT2D eigenvalue weighted by molar-refractivity contribution is -0.153. The van der Waals surface area contributed by atoms with Crippen LogP contribution in [0.3, 0.4) is 0 Å². The lowest BCUT2D eigenvalue weighted by Crippen LogP contribution is -2.49. The highest BCUT2D eigenvalue weighted by atomic mass is 79.9. The molecule has 1 aromatic carbocycles. The van der Waals surface area contributed by atoms with Gasteiger partial charge in [-0.15, -0.1) is 0 Å². The third-order valence-corrected chi connectivity index (χ3v) is 4.62. The van der Waals surface area contributed by atoms with Crippen LogP contribution in [0.25, 0.3) is 0 Å². The fraction of sp³-hybridized carbons (Fsp3) is 0.611. The maximum atomic E-state index is 12.5. The molecule has 1 saturated heterocycles. The first-order valence-electron chi connectivity index (χ1n) is 8.62. The Kier molecular flexibility index (Phi) is 7.02. The zero-order chi connectivity index (χ0) is 20.2. The lowest BCUT2D eigenvalue weighted by atomic mass is 10.1. The Hall–Kier alpha value is -1.48. The number of carbonyl (C=O) groups excluding carboxylic acids is 1. The molecule has 0 spiro atoms. The van der Waals surface area contributed by atoms with E-state index >= 15 is 0 Å². The van der Waals surface area contributed by atoms with E-state index in [0.717, 1.165) is 0 Å². The van der Waals surface area contributed by atoms with Gasteiger partial charge in [0.05, 0.1) is 0 Å². The van der Waals surface area contributed by atoms with Gasteiger partial charge < -0.3 is 14.4 Å². The molecule has 1 amide bonds. The average Bonchev–Trinajstić information content (AvgIpc) is 2.53. The van der Waals surface area contributed by atoms with Crippen molar-refractivity contribution in [1.82, 2.24) is 9.80 Å². The van der Waals surface area contributed by atoms with E-state index in [1.54, 1.807) is 17.0 Å². The lowest BCUT2D eigenvalue weighted by Gasteiger charge is -2.35. The van der Waals surface area contributed by atoms with E-state index < -0.39 is 18.4 Å². The van der Waals surface area contributed by atoms with Crippen LogP contribution in [0.4, 0.5) is 18.0 Å². The number of hydrogen-bond donors (Lipinski definition) is 0. The minimum atomic E-state index is -4.39. The molecule has 5 nitrogen and oxygen atoms in total. The van der Waals surface area contributed by atoms with Crippen LogP contribution >= 0.6 is 15.9 Å². The fourth-order valence-corrected chi connectivity index (χ4v) is 3.10. The third kappa shape index (κ3) is 7.21. The summed E-state index contributed by atoms with van der Waals surface area (Å²) in [6, 6.07) is 4.94. The van der Waals surface area contributed by atoms with Crippen molar-refractivity contribution in [3.63, 3.8) is 0 Å². The molecular weight excluding hydrogens is 429 g/mol. The van der Waals surface area contributed by atoms with Crippen molar-refractivity contribution in [2.45, 2.75) is 39.1 Å². The number of carbonyl (C=O) groups is 1. The van der Waals surface area contributed by atoms with Gasteiger partial charge in [-0.05, 0) is 32.9 Å². The molecule has 1 fully saturated rings. The summed E-state index contributed by atoms with van der Waals surface area (Å²) in [5, 5.41) is 0. The van der Waals surface area contributed by atoms with Gasteiger partial charge in [-0.25, -0.2) is 4.79 Å². The van der Waals surface area contributed by atoms with E-state index in [-0.39, 0.29) is 11.8 Å². The largest absolute Gasteiger partial charge is 0.484 e. The zero-order valence-corrected chi connectivity index (χ0v) is 17.2. The van der Waals surface area contributed by atoms with Gasteiger partial charge in [-0.2, -0.15) is 13.2 Å². The molecule has 9 heteroatoms. The summed E-state index contributed by atoms with van der Waals surface area (Å²) in [7, 11) is 0. The standard InChI is InChI=1S/C18H24BrF3N2O3/c1-17(2,3)27-16(25)24-9-7-23(8-10-24)11-13-14(19)5-4-6-15(13)26-12-18(20,21)22/h4-6H,7-12H2,1-3H3. The third-order valence-electron chi connectivity index (χ3n) is 3.87. The number of alkyl halides is 3. The zero-order valence-electron chi connectivity index (χ0n) is 15.6. The molecule has 0 unspecified atom stereocenters. The molecule has 0 bridgehead atoms. The maximum absolute atomic E-state index is 12.5. The molecular formula is C18H24BrF3N2O3. The molecule has 0 saturated carbocycles. The molecule has 0 atom stereocenters. The minimum absolute atomic E-state index is 0.205. The maximum Gasteiger partial charge on any atom is 0.422 e. The van der Waals surface area contributed by atoms with Gasteiger partial charge in [0, 0.05) is 42.8 Å². The second kappa shape index (κ2) is 8.68. The number of piperazine rings is 1. The van der Waals surface area contributed by atoms with Gasteiger partial charge in [0.25, 0.3) is 0 Å². The number of amides is 1.